The minimum atomic E-state index is -0.487. The van der Waals surface area contributed by atoms with Crippen molar-refractivity contribution in [1.82, 2.24) is 4.90 Å². The van der Waals surface area contributed by atoms with Gasteiger partial charge in [0.1, 0.15) is 5.75 Å². The van der Waals surface area contributed by atoms with Crippen LogP contribution in [-0.4, -0.2) is 47.1 Å². The predicted octanol–water partition coefficient (Wildman–Crippen LogP) is 0.926. The third-order valence-corrected chi connectivity index (χ3v) is 3.99. The number of piperidine rings is 1. The summed E-state index contributed by atoms with van der Waals surface area (Å²) in [6.45, 7) is 2.81. The molecule has 0 bridgehead atoms. The third-order valence-electron chi connectivity index (χ3n) is 3.99. The van der Waals surface area contributed by atoms with E-state index in [1.807, 2.05) is 6.92 Å². The first kappa shape index (κ1) is 16.3. The van der Waals surface area contributed by atoms with E-state index < -0.39 is 12.0 Å². The normalized spacial score (nSPS) is 21.5. The van der Waals surface area contributed by atoms with Crippen LogP contribution in [0.1, 0.15) is 36.5 Å². The van der Waals surface area contributed by atoms with Crippen LogP contribution in [-0.2, 0) is 4.79 Å². The number of nitrogens with zero attached hydrogens (tertiary/aromatic N) is 1. The lowest BCUT2D eigenvalue weighted by atomic mass is 10.00. The number of hydrogen-bond acceptors (Lipinski definition) is 4. The molecule has 120 valence electrons. The van der Waals surface area contributed by atoms with E-state index in [2.05, 4.69) is 0 Å². The second-order valence-corrected chi connectivity index (χ2v) is 5.52. The van der Waals surface area contributed by atoms with Crippen LogP contribution in [0.15, 0.2) is 24.3 Å². The number of rotatable bonds is 5. The number of amides is 2. The van der Waals surface area contributed by atoms with Gasteiger partial charge < -0.3 is 20.5 Å². The summed E-state index contributed by atoms with van der Waals surface area (Å²) in [5.41, 5.74) is 5.58. The van der Waals surface area contributed by atoms with Crippen LogP contribution < -0.4 is 10.5 Å². The van der Waals surface area contributed by atoms with Gasteiger partial charge in [0.05, 0.1) is 25.2 Å². The topological polar surface area (TPSA) is 92.9 Å². The molecule has 2 atom stereocenters. The number of hydrogen-bond donors (Lipinski definition) is 2. The number of carbonyl (C=O) groups is 2. The van der Waals surface area contributed by atoms with Gasteiger partial charge in [0.25, 0.3) is 0 Å². The van der Waals surface area contributed by atoms with Crippen molar-refractivity contribution in [3.05, 3.63) is 29.8 Å². The maximum Gasteiger partial charge on any atom is 0.248 e. The van der Waals surface area contributed by atoms with Crippen molar-refractivity contribution in [3.8, 4) is 5.75 Å². The average molecular weight is 306 g/mol. The van der Waals surface area contributed by atoms with Crippen molar-refractivity contribution in [3.63, 3.8) is 0 Å². The highest BCUT2D eigenvalue weighted by atomic mass is 16.5. The molecule has 0 radical (unpaired) electrons. The number of primary amides is 1. The lowest BCUT2D eigenvalue weighted by molar-refractivity contribution is -0.138. The molecule has 0 saturated carbocycles. The van der Waals surface area contributed by atoms with Crippen molar-refractivity contribution in [2.24, 2.45) is 5.73 Å². The van der Waals surface area contributed by atoms with Crippen LogP contribution in [0.5, 0.6) is 5.75 Å². The third kappa shape index (κ3) is 3.98. The van der Waals surface area contributed by atoms with E-state index in [1.165, 1.54) is 0 Å². The van der Waals surface area contributed by atoms with Gasteiger partial charge in [0, 0.05) is 12.1 Å². The summed E-state index contributed by atoms with van der Waals surface area (Å²) in [5.74, 6) is 0.0869. The second-order valence-electron chi connectivity index (χ2n) is 5.52. The zero-order valence-electron chi connectivity index (χ0n) is 12.7. The minimum Gasteiger partial charge on any atom is -0.493 e. The fourth-order valence-electron chi connectivity index (χ4n) is 2.59. The van der Waals surface area contributed by atoms with Gasteiger partial charge in [-0.2, -0.15) is 0 Å². The molecule has 0 spiro atoms. The summed E-state index contributed by atoms with van der Waals surface area (Å²) in [6, 6.07) is 6.33. The SMILES string of the molecule is C[C@@H]1[C@H](O)CCCN1C(=O)CCOc1ccc(C(N)=O)cc1. The van der Waals surface area contributed by atoms with Crippen LogP contribution in [0.25, 0.3) is 0 Å². The molecule has 1 aliphatic rings. The van der Waals surface area contributed by atoms with Crippen LogP contribution in [0.4, 0.5) is 0 Å². The lowest BCUT2D eigenvalue weighted by Crippen LogP contribution is -2.49. The Hall–Kier alpha value is -2.08. The predicted molar refractivity (Wildman–Crippen MR) is 81.5 cm³/mol. The van der Waals surface area contributed by atoms with Crippen LogP contribution in [0, 0.1) is 0 Å². The van der Waals surface area contributed by atoms with Gasteiger partial charge >= 0.3 is 0 Å². The lowest BCUT2D eigenvalue weighted by Gasteiger charge is -2.37. The van der Waals surface area contributed by atoms with Crippen molar-refractivity contribution >= 4 is 11.8 Å². The molecule has 0 aromatic heterocycles. The molecular formula is C16H22N2O4. The molecule has 1 saturated heterocycles. The van der Waals surface area contributed by atoms with Gasteiger partial charge in [-0.1, -0.05) is 0 Å². The van der Waals surface area contributed by atoms with E-state index in [9.17, 15) is 14.7 Å². The molecule has 2 amide bonds. The minimum absolute atomic E-state index is 0.0139. The largest absolute Gasteiger partial charge is 0.493 e. The molecule has 1 aromatic carbocycles. The molecule has 3 N–H and O–H groups in total. The molecule has 1 heterocycles. The number of ether oxygens (including phenoxy) is 1. The van der Waals surface area contributed by atoms with E-state index in [1.54, 1.807) is 29.2 Å². The number of carbonyl (C=O) groups excluding carboxylic acids is 2. The molecule has 1 fully saturated rings. The van der Waals surface area contributed by atoms with Crippen LogP contribution in [0.2, 0.25) is 0 Å². The summed E-state index contributed by atoms with van der Waals surface area (Å²) >= 11 is 0. The monoisotopic (exact) mass is 306 g/mol. The van der Waals surface area contributed by atoms with Crippen molar-refractivity contribution in [2.45, 2.75) is 38.3 Å². The van der Waals surface area contributed by atoms with Crippen molar-refractivity contribution in [1.29, 1.82) is 0 Å². The van der Waals surface area contributed by atoms with E-state index in [4.69, 9.17) is 10.5 Å². The number of likely N-dealkylation sites (tertiary alicyclic amines) is 1. The molecule has 22 heavy (non-hydrogen) atoms. The highest BCUT2D eigenvalue weighted by molar-refractivity contribution is 5.92. The highest BCUT2D eigenvalue weighted by Crippen LogP contribution is 2.18. The van der Waals surface area contributed by atoms with E-state index in [0.29, 0.717) is 17.9 Å². The Morgan fingerprint density at radius 2 is 2.05 bits per heavy atom. The standard InChI is InChI=1S/C16H22N2O4/c1-11-14(19)3-2-9-18(11)15(20)8-10-22-13-6-4-12(5-7-13)16(17)21/h4-7,11,14,19H,2-3,8-10H2,1H3,(H2,17,21)/t11-,14-/m1/s1. The Kier molecular flexibility index (Phi) is 5.38. The van der Waals surface area contributed by atoms with Crippen LogP contribution >= 0.6 is 0 Å². The summed E-state index contributed by atoms with van der Waals surface area (Å²) < 4.78 is 5.50. The first-order valence-corrected chi connectivity index (χ1v) is 7.49. The van der Waals surface area contributed by atoms with E-state index in [-0.39, 0.29) is 25.0 Å². The zero-order valence-corrected chi connectivity index (χ0v) is 12.7. The quantitative estimate of drug-likeness (QED) is 0.846. The number of benzene rings is 1. The van der Waals surface area contributed by atoms with Crippen molar-refractivity contribution < 1.29 is 19.4 Å². The highest BCUT2D eigenvalue weighted by Gasteiger charge is 2.29. The van der Waals surface area contributed by atoms with Gasteiger partial charge in [-0.05, 0) is 44.0 Å². The Balaban J connectivity index is 1.80. The summed E-state index contributed by atoms with van der Waals surface area (Å²) in [4.78, 5) is 24.8. The fraction of sp³-hybridized carbons (Fsp3) is 0.500. The molecule has 0 aliphatic carbocycles. The maximum absolute atomic E-state index is 12.2. The molecular weight excluding hydrogens is 284 g/mol. The molecule has 1 aliphatic heterocycles. The average Bonchev–Trinajstić information content (AvgIpc) is 2.50. The zero-order chi connectivity index (χ0) is 16.1. The molecule has 6 heteroatoms. The first-order chi connectivity index (χ1) is 10.5. The second kappa shape index (κ2) is 7.26. The number of nitrogens with two attached hydrogens (primary N) is 1. The Bertz CT molecular complexity index is 529. The van der Waals surface area contributed by atoms with Gasteiger partial charge in [0.15, 0.2) is 0 Å². The van der Waals surface area contributed by atoms with Gasteiger partial charge in [0.2, 0.25) is 11.8 Å². The Labute approximate surface area is 129 Å². The van der Waals surface area contributed by atoms with Gasteiger partial charge in [-0.25, -0.2) is 0 Å². The maximum atomic E-state index is 12.2. The fourth-order valence-corrected chi connectivity index (χ4v) is 2.59. The summed E-state index contributed by atoms with van der Waals surface area (Å²) in [5, 5.41) is 9.81. The van der Waals surface area contributed by atoms with Crippen LogP contribution in [0.3, 0.4) is 0 Å². The van der Waals surface area contributed by atoms with E-state index in [0.717, 1.165) is 12.8 Å². The molecule has 1 aromatic rings. The molecule has 0 unspecified atom stereocenters. The van der Waals surface area contributed by atoms with Gasteiger partial charge in [-0.3, -0.25) is 9.59 Å². The first-order valence-electron chi connectivity index (χ1n) is 7.49. The number of aliphatic hydroxyl groups is 1. The van der Waals surface area contributed by atoms with E-state index >= 15 is 0 Å². The van der Waals surface area contributed by atoms with Gasteiger partial charge in [-0.15, -0.1) is 0 Å². The number of aliphatic hydroxyl groups excluding tert-OH is 1. The molecule has 2 rings (SSSR count). The summed E-state index contributed by atoms with van der Waals surface area (Å²) in [7, 11) is 0. The Morgan fingerprint density at radius 3 is 2.68 bits per heavy atom. The smallest absolute Gasteiger partial charge is 0.248 e. The summed E-state index contributed by atoms with van der Waals surface area (Å²) in [6.07, 6.45) is 1.38. The van der Waals surface area contributed by atoms with Crippen molar-refractivity contribution in [2.75, 3.05) is 13.2 Å². The Morgan fingerprint density at radius 1 is 1.36 bits per heavy atom. The molecule has 6 nitrogen and oxygen atoms in total.